The number of benzene rings is 1. The van der Waals surface area contributed by atoms with E-state index in [-0.39, 0.29) is 6.10 Å². The standard InChI is InChI=1S/C13H18BrIO/c1-3-6-10(2)16-13(9-15)11-7-4-5-8-12(11)14/h4-5,7-8,10,13H,3,6,9H2,1-2H3. The molecule has 0 radical (unpaired) electrons. The Bertz CT molecular complexity index is 317. The second-order valence-corrected chi connectivity index (χ2v) is 5.63. The summed E-state index contributed by atoms with van der Waals surface area (Å²) in [5.41, 5.74) is 1.25. The lowest BCUT2D eigenvalue weighted by molar-refractivity contribution is 0.00645. The molecule has 0 saturated heterocycles. The van der Waals surface area contributed by atoms with Crippen LogP contribution in [0, 0.1) is 0 Å². The molecule has 0 aliphatic rings. The molecular weight excluding hydrogens is 379 g/mol. The van der Waals surface area contributed by atoms with Gasteiger partial charge in [-0.1, -0.05) is 70.1 Å². The molecule has 0 aliphatic carbocycles. The smallest absolute Gasteiger partial charge is 0.0928 e. The average molecular weight is 397 g/mol. The molecule has 0 aromatic heterocycles. The van der Waals surface area contributed by atoms with Crippen molar-refractivity contribution >= 4 is 38.5 Å². The first-order chi connectivity index (χ1) is 7.69. The molecule has 1 rings (SSSR count). The molecule has 0 amide bonds. The van der Waals surface area contributed by atoms with Crippen LogP contribution in [0.1, 0.15) is 38.4 Å². The van der Waals surface area contributed by atoms with Crippen molar-refractivity contribution in [2.45, 2.75) is 38.9 Å². The Morgan fingerprint density at radius 1 is 1.38 bits per heavy atom. The molecule has 0 saturated carbocycles. The van der Waals surface area contributed by atoms with E-state index in [4.69, 9.17) is 4.74 Å². The third-order valence-electron chi connectivity index (χ3n) is 2.48. The zero-order chi connectivity index (χ0) is 12.0. The quantitative estimate of drug-likeness (QED) is 0.478. The van der Waals surface area contributed by atoms with Gasteiger partial charge in [0.1, 0.15) is 0 Å². The molecule has 1 nitrogen and oxygen atoms in total. The van der Waals surface area contributed by atoms with Gasteiger partial charge in [0.05, 0.1) is 12.2 Å². The van der Waals surface area contributed by atoms with E-state index >= 15 is 0 Å². The first-order valence-corrected chi connectivity index (χ1v) is 7.96. The van der Waals surface area contributed by atoms with Crippen LogP contribution in [0.4, 0.5) is 0 Å². The second kappa shape index (κ2) is 7.67. The molecule has 1 aromatic rings. The zero-order valence-corrected chi connectivity index (χ0v) is 13.5. The highest BCUT2D eigenvalue weighted by molar-refractivity contribution is 14.1. The van der Waals surface area contributed by atoms with E-state index in [0.29, 0.717) is 6.10 Å². The third-order valence-corrected chi connectivity index (χ3v) is 4.01. The van der Waals surface area contributed by atoms with Gasteiger partial charge in [-0.25, -0.2) is 0 Å². The highest BCUT2D eigenvalue weighted by atomic mass is 127. The van der Waals surface area contributed by atoms with Crippen molar-refractivity contribution in [1.82, 2.24) is 0 Å². The lowest BCUT2D eigenvalue weighted by Crippen LogP contribution is -2.15. The molecule has 2 atom stereocenters. The number of halogens is 2. The van der Waals surface area contributed by atoms with Crippen LogP contribution in [-0.2, 0) is 4.74 Å². The summed E-state index contributed by atoms with van der Waals surface area (Å²) in [6.07, 6.45) is 2.82. The third kappa shape index (κ3) is 4.34. The Balaban J connectivity index is 2.71. The van der Waals surface area contributed by atoms with Crippen LogP contribution in [0.25, 0.3) is 0 Å². The largest absolute Gasteiger partial charge is 0.370 e. The van der Waals surface area contributed by atoms with E-state index in [1.807, 2.05) is 6.07 Å². The monoisotopic (exact) mass is 396 g/mol. The van der Waals surface area contributed by atoms with Crippen molar-refractivity contribution in [3.63, 3.8) is 0 Å². The maximum Gasteiger partial charge on any atom is 0.0928 e. The van der Waals surface area contributed by atoms with Gasteiger partial charge in [-0.15, -0.1) is 0 Å². The number of ether oxygens (including phenoxy) is 1. The number of hydrogen-bond acceptors (Lipinski definition) is 1. The van der Waals surface area contributed by atoms with Crippen LogP contribution in [0.15, 0.2) is 28.7 Å². The highest BCUT2D eigenvalue weighted by Gasteiger charge is 2.16. The maximum absolute atomic E-state index is 6.07. The van der Waals surface area contributed by atoms with Gasteiger partial charge in [-0.2, -0.15) is 0 Å². The van der Waals surface area contributed by atoms with Crippen molar-refractivity contribution in [1.29, 1.82) is 0 Å². The van der Waals surface area contributed by atoms with E-state index in [1.165, 1.54) is 12.0 Å². The Labute approximate surface area is 120 Å². The summed E-state index contributed by atoms with van der Waals surface area (Å²) in [6.45, 7) is 4.34. The van der Waals surface area contributed by atoms with E-state index in [1.54, 1.807) is 0 Å². The minimum Gasteiger partial charge on any atom is -0.370 e. The minimum atomic E-state index is 0.192. The Morgan fingerprint density at radius 2 is 2.06 bits per heavy atom. The van der Waals surface area contributed by atoms with Crippen LogP contribution in [-0.4, -0.2) is 10.5 Å². The van der Waals surface area contributed by atoms with Crippen LogP contribution < -0.4 is 0 Å². The van der Waals surface area contributed by atoms with Gasteiger partial charge in [-0.05, 0) is 25.0 Å². The van der Waals surface area contributed by atoms with E-state index < -0.39 is 0 Å². The summed E-state index contributed by atoms with van der Waals surface area (Å²) in [5, 5.41) is 0. The first kappa shape index (κ1) is 14.5. The van der Waals surface area contributed by atoms with Crippen molar-refractivity contribution in [2.75, 3.05) is 4.43 Å². The van der Waals surface area contributed by atoms with Gasteiger partial charge in [-0.3, -0.25) is 0 Å². The van der Waals surface area contributed by atoms with Crippen LogP contribution in [0.3, 0.4) is 0 Å². The number of hydrogen-bond donors (Lipinski definition) is 0. The second-order valence-electron chi connectivity index (χ2n) is 3.90. The van der Waals surface area contributed by atoms with Gasteiger partial charge in [0.25, 0.3) is 0 Å². The molecule has 3 heteroatoms. The Hall–Kier alpha value is 0.390. The average Bonchev–Trinajstić information content (AvgIpc) is 2.27. The van der Waals surface area contributed by atoms with Crippen LogP contribution >= 0.6 is 38.5 Å². The maximum atomic E-state index is 6.07. The normalized spacial score (nSPS) is 14.8. The predicted octanol–water partition coefficient (Wildman–Crippen LogP) is 5.13. The summed E-state index contributed by atoms with van der Waals surface area (Å²) < 4.78 is 8.19. The predicted molar refractivity (Wildman–Crippen MR) is 81.2 cm³/mol. The molecule has 90 valence electrons. The van der Waals surface area contributed by atoms with Gasteiger partial charge in [0, 0.05) is 8.90 Å². The van der Waals surface area contributed by atoms with E-state index in [0.717, 1.165) is 15.3 Å². The molecule has 2 unspecified atom stereocenters. The van der Waals surface area contributed by atoms with Crippen molar-refractivity contribution in [2.24, 2.45) is 0 Å². The molecular formula is C13H18BrIO. The summed E-state index contributed by atoms with van der Waals surface area (Å²) in [7, 11) is 0. The Kier molecular flexibility index (Phi) is 6.92. The molecule has 1 aromatic carbocycles. The van der Waals surface area contributed by atoms with Crippen molar-refractivity contribution < 1.29 is 4.74 Å². The van der Waals surface area contributed by atoms with Crippen molar-refractivity contribution in [3.8, 4) is 0 Å². The molecule has 0 fully saturated rings. The summed E-state index contributed by atoms with van der Waals surface area (Å²) >= 11 is 5.97. The van der Waals surface area contributed by atoms with Crippen LogP contribution in [0.5, 0.6) is 0 Å². The lowest BCUT2D eigenvalue weighted by atomic mass is 10.1. The molecule has 0 spiro atoms. The fourth-order valence-corrected chi connectivity index (χ4v) is 2.91. The van der Waals surface area contributed by atoms with Crippen molar-refractivity contribution in [3.05, 3.63) is 34.3 Å². The molecule has 16 heavy (non-hydrogen) atoms. The first-order valence-electron chi connectivity index (χ1n) is 5.64. The highest BCUT2D eigenvalue weighted by Crippen LogP contribution is 2.29. The minimum absolute atomic E-state index is 0.192. The van der Waals surface area contributed by atoms with Gasteiger partial charge < -0.3 is 4.74 Å². The zero-order valence-electron chi connectivity index (χ0n) is 9.75. The topological polar surface area (TPSA) is 9.23 Å². The van der Waals surface area contributed by atoms with Gasteiger partial charge in [0.15, 0.2) is 0 Å². The molecule has 0 N–H and O–H groups in total. The fourth-order valence-electron chi connectivity index (χ4n) is 1.68. The summed E-state index contributed by atoms with van der Waals surface area (Å²) in [4.78, 5) is 0. The summed E-state index contributed by atoms with van der Waals surface area (Å²) in [5.74, 6) is 0. The van der Waals surface area contributed by atoms with Gasteiger partial charge in [0.2, 0.25) is 0 Å². The molecule has 0 heterocycles. The fraction of sp³-hybridized carbons (Fsp3) is 0.538. The SMILES string of the molecule is CCCC(C)OC(CI)c1ccccc1Br. The van der Waals surface area contributed by atoms with Gasteiger partial charge >= 0.3 is 0 Å². The summed E-state index contributed by atoms with van der Waals surface area (Å²) in [6, 6.07) is 8.30. The van der Waals surface area contributed by atoms with E-state index in [2.05, 4.69) is 70.6 Å². The number of rotatable bonds is 6. The lowest BCUT2D eigenvalue weighted by Gasteiger charge is -2.21. The van der Waals surface area contributed by atoms with E-state index in [9.17, 15) is 0 Å². The number of alkyl halides is 1. The molecule has 0 bridgehead atoms. The van der Waals surface area contributed by atoms with Crippen LogP contribution in [0.2, 0.25) is 0 Å². The Morgan fingerprint density at radius 3 is 2.62 bits per heavy atom. The molecule has 0 aliphatic heterocycles.